The Balaban J connectivity index is 2.08. The van der Waals surface area contributed by atoms with Crippen molar-refractivity contribution < 1.29 is 5.11 Å². The first-order valence-corrected chi connectivity index (χ1v) is 8.49. The lowest BCUT2D eigenvalue weighted by Crippen LogP contribution is -2.30. The van der Waals surface area contributed by atoms with Crippen molar-refractivity contribution in [3.63, 3.8) is 0 Å². The minimum absolute atomic E-state index is 0.128. The van der Waals surface area contributed by atoms with Crippen LogP contribution in [-0.4, -0.2) is 27.8 Å². The van der Waals surface area contributed by atoms with Crippen LogP contribution in [0.15, 0.2) is 29.9 Å². The molecule has 2 aromatic rings. The van der Waals surface area contributed by atoms with Crippen molar-refractivity contribution >= 4 is 11.3 Å². The Hall–Kier alpha value is -1.17. The van der Waals surface area contributed by atoms with Gasteiger partial charge in [-0.3, -0.25) is 0 Å². The summed E-state index contributed by atoms with van der Waals surface area (Å²) in [4.78, 5) is 5.78. The monoisotopic (exact) mass is 307 g/mol. The molecule has 116 valence electrons. The highest BCUT2D eigenvalue weighted by atomic mass is 32.1. The molecule has 0 amide bonds. The van der Waals surface area contributed by atoms with Crippen LogP contribution in [-0.2, 0) is 7.05 Å². The standard InChI is InChI=1S/C16H25N3OS/c1-3-5-13(7-10-20)12-18-15(14-6-4-11-21-14)16-17-8-9-19(16)2/h4,6,8-9,11,13,15,18,20H,3,5,7,10,12H2,1-2H3. The summed E-state index contributed by atoms with van der Waals surface area (Å²) >= 11 is 1.75. The molecule has 0 aromatic carbocycles. The maximum atomic E-state index is 9.20. The molecule has 0 spiro atoms. The van der Waals surface area contributed by atoms with Crippen LogP contribution in [0, 0.1) is 5.92 Å². The maximum Gasteiger partial charge on any atom is 0.131 e. The van der Waals surface area contributed by atoms with Gasteiger partial charge >= 0.3 is 0 Å². The van der Waals surface area contributed by atoms with E-state index in [2.05, 4.69) is 39.3 Å². The minimum atomic E-state index is 0.128. The zero-order valence-electron chi connectivity index (χ0n) is 12.8. The van der Waals surface area contributed by atoms with Gasteiger partial charge in [-0.25, -0.2) is 4.98 Å². The van der Waals surface area contributed by atoms with Crippen LogP contribution in [0.4, 0.5) is 0 Å². The van der Waals surface area contributed by atoms with Crippen LogP contribution < -0.4 is 5.32 Å². The summed E-state index contributed by atoms with van der Waals surface area (Å²) in [5.41, 5.74) is 0. The Kier molecular flexibility index (Phi) is 6.42. The minimum Gasteiger partial charge on any atom is -0.396 e. The van der Waals surface area contributed by atoms with Crippen molar-refractivity contribution in [2.75, 3.05) is 13.2 Å². The summed E-state index contributed by atoms with van der Waals surface area (Å²) in [6.07, 6.45) is 6.98. The third-order valence-electron chi connectivity index (χ3n) is 3.79. The number of hydrogen-bond acceptors (Lipinski definition) is 4. The molecule has 0 bridgehead atoms. The number of aliphatic hydroxyl groups is 1. The van der Waals surface area contributed by atoms with E-state index in [0.717, 1.165) is 31.6 Å². The zero-order chi connectivity index (χ0) is 15.1. The van der Waals surface area contributed by atoms with Gasteiger partial charge in [0.2, 0.25) is 0 Å². The molecule has 4 nitrogen and oxygen atoms in total. The Morgan fingerprint density at radius 2 is 2.29 bits per heavy atom. The molecule has 2 N–H and O–H groups in total. The number of aryl methyl sites for hydroxylation is 1. The second-order valence-electron chi connectivity index (χ2n) is 5.42. The topological polar surface area (TPSA) is 50.1 Å². The van der Waals surface area contributed by atoms with E-state index in [4.69, 9.17) is 0 Å². The van der Waals surface area contributed by atoms with Gasteiger partial charge in [-0.2, -0.15) is 0 Å². The summed E-state index contributed by atoms with van der Waals surface area (Å²) in [5.74, 6) is 1.56. The lowest BCUT2D eigenvalue weighted by atomic mass is 9.99. The van der Waals surface area contributed by atoms with E-state index < -0.39 is 0 Å². The molecule has 0 saturated heterocycles. The summed E-state index contributed by atoms with van der Waals surface area (Å²) in [6.45, 7) is 3.36. The van der Waals surface area contributed by atoms with Gasteiger partial charge in [0.05, 0.1) is 0 Å². The lowest BCUT2D eigenvalue weighted by molar-refractivity contribution is 0.246. The Bertz CT molecular complexity index is 503. The maximum absolute atomic E-state index is 9.20. The smallest absolute Gasteiger partial charge is 0.131 e. The molecular formula is C16H25N3OS. The Morgan fingerprint density at radius 1 is 1.43 bits per heavy atom. The molecule has 0 aliphatic rings. The highest BCUT2D eigenvalue weighted by Gasteiger charge is 2.20. The number of aliphatic hydroxyl groups excluding tert-OH is 1. The van der Waals surface area contributed by atoms with Gasteiger partial charge in [-0.05, 0) is 36.8 Å². The molecule has 5 heteroatoms. The number of nitrogens with one attached hydrogen (secondary N) is 1. The number of nitrogens with zero attached hydrogens (tertiary/aromatic N) is 2. The van der Waals surface area contributed by atoms with Crippen LogP contribution in [0.1, 0.15) is 42.9 Å². The second-order valence-corrected chi connectivity index (χ2v) is 6.40. The summed E-state index contributed by atoms with van der Waals surface area (Å²) in [5, 5.41) is 15.0. The fourth-order valence-corrected chi connectivity index (χ4v) is 3.45. The molecular weight excluding hydrogens is 282 g/mol. The Morgan fingerprint density at radius 3 is 2.86 bits per heavy atom. The first-order valence-electron chi connectivity index (χ1n) is 7.61. The summed E-state index contributed by atoms with van der Waals surface area (Å²) in [7, 11) is 2.03. The highest BCUT2D eigenvalue weighted by Crippen LogP contribution is 2.25. The molecule has 2 atom stereocenters. The van der Waals surface area contributed by atoms with E-state index >= 15 is 0 Å². The zero-order valence-corrected chi connectivity index (χ0v) is 13.6. The molecule has 2 aromatic heterocycles. The fraction of sp³-hybridized carbons (Fsp3) is 0.562. The fourth-order valence-electron chi connectivity index (χ4n) is 2.65. The highest BCUT2D eigenvalue weighted by molar-refractivity contribution is 7.10. The molecule has 0 aliphatic carbocycles. The predicted octanol–water partition coefficient (Wildman–Crippen LogP) is 2.96. The van der Waals surface area contributed by atoms with E-state index in [-0.39, 0.29) is 12.6 Å². The molecule has 0 saturated carbocycles. The third-order valence-corrected chi connectivity index (χ3v) is 4.73. The molecule has 2 heterocycles. The van der Waals surface area contributed by atoms with E-state index in [9.17, 15) is 5.11 Å². The average molecular weight is 307 g/mol. The quantitative estimate of drug-likeness (QED) is 0.749. The molecule has 2 unspecified atom stereocenters. The first-order chi connectivity index (χ1) is 10.3. The van der Waals surface area contributed by atoms with Gasteiger partial charge in [0.25, 0.3) is 0 Å². The molecule has 0 radical (unpaired) electrons. The molecule has 0 fully saturated rings. The van der Waals surface area contributed by atoms with Crippen LogP contribution in [0.25, 0.3) is 0 Å². The van der Waals surface area contributed by atoms with Gasteiger partial charge in [0.15, 0.2) is 0 Å². The van der Waals surface area contributed by atoms with Gasteiger partial charge in [0, 0.05) is 30.9 Å². The van der Waals surface area contributed by atoms with Crippen molar-refractivity contribution in [3.8, 4) is 0 Å². The largest absolute Gasteiger partial charge is 0.396 e. The Labute approximate surface area is 130 Å². The van der Waals surface area contributed by atoms with E-state index in [1.54, 1.807) is 11.3 Å². The average Bonchev–Trinajstić information content (AvgIpc) is 3.12. The first kappa shape index (κ1) is 16.2. The predicted molar refractivity (Wildman–Crippen MR) is 87.5 cm³/mol. The van der Waals surface area contributed by atoms with Crippen molar-refractivity contribution in [2.24, 2.45) is 13.0 Å². The molecule has 2 rings (SSSR count). The van der Waals surface area contributed by atoms with Crippen molar-refractivity contribution in [2.45, 2.75) is 32.2 Å². The van der Waals surface area contributed by atoms with Gasteiger partial charge < -0.3 is 15.0 Å². The number of hydrogen-bond donors (Lipinski definition) is 2. The van der Waals surface area contributed by atoms with Gasteiger partial charge in [-0.1, -0.05) is 19.4 Å². The number of imidazole rings is 1. The number of rotatable bonds is 9. The number of thiophene rings is 1. The van der Waals surface area contributed by atoms with Crippen LogP contribution >= 0.6 is 11.3 Å². The SMILES string of the molecule is CCCC(CCO)CNC(c1cccs1)c1nccn1C. The number of aromatic nitrogens is 2. The van der Waals surface area contributed by atoms with Crippen LogP contribution in [0.3, 0.4) is 0 Å². The van der Waals surface area contributed by atoms with Crippen molar-refractivity contribution in [3.05, 3.63) is 40.6 Å². The van der Waals surface area contributed by atoms with E-state index in [1.165, 1.54) is 4.88 Å². The van der Waals surface area contributed by atoms with Crippen LogP contribution in [0.5, 0.6) is 0 Å². The van der Waals surface area contributed by atoms with E-state index in [1.807, 2.05) is 19.4 Å². The molecule has 0 aliphatic heterocycles. The lowest BCUT2D eigenvalue weighted by Gasteiger charge is -2.22. The summed E-state index contributed by atoms with van der Waals surface area (Å²) < 4.78 is 2.07. The summed E-state index contributed by atoms with van der Waals surface area (Å²) in [6, 6.07) is 4.36. The normalized spacial score (nSPS) is 14.2. The van der Waals surface area contributed by atoms with Gasteiger partial charge in [0.1, 0.15) is 11.9 Å². The molecule has 21 heavy (non-hydrogen) atoms. The van der Waals surface area contributed by atoms with Crippen molar-refractivity contribution in [1.29, 1.82) is 0 Å². The van der Waals surface area contributed by atoms with E-state index in [0.29, 0.717) is 5.92 Å². The third kappa shape index (κ3) is 4.40. The van der Waals surface area contributed by atoms with Crippen LogP contribution in [0.2, 0.25) is 0 Å². The van der Waals surface area contributed by atoms with Gasteiger partial charge in [-0.15, -0.1) is 11.3 Å². The second kappa shape index (κ2) is 8.32. The van der Waals surface area contributed by atoms with Crippen molar-refractivity contribution in [1.82, 2.24) is 14.9 Å².